The van der Waals surface area contributed by atoms with E-state index < -0.39 is 12.7 Å². The summed E-state index contributed by atoms with van der Waals surface area (Å²) in [4.78, 5) is 12.8. The van der Waals surface area contributed by atoms with Gasteiger partial charge >= 0.3 is 0 Å². The summed E-state index contributed by atoms with van der Waals surface area (Å²) in [5, 5.41) is 39.8. The quantitative estimate of drug-likeness (QED) is 0.415. The Bertz CT molecular complexity index is 1410. The summed E-state index contributed by atoms with van der Waals surface area (Å²) in [7, 11) is 2.84. The number of Topliss-reactive ketones (excluding diaryl/α,β-unsaturated/α-hetero) is 1. The topological polar surface area (TPSA) is 144 Å². The molecule has 3 aromatic rings. The number of ketones is 1. The first kappa shape index (κ1) is 23.2. The summed E-state index contributed by atoms with van der Waals surface area (Å²) in [6.45, 7) is -0.479. The molecule has 36 heavy (non-hydrogen) atoms. The maximum atomic E-state index is 12.8. The van der Waals surface area contributed by atoms with Crippen LogP contribution in [0.2, 0.25) is 0 Å². The minimum Gasteiger partial charge on any atom is -0.508 e. The molecule has 186 valence electrons. The molecule has 2 aliphatic rings. The van der Waals surface area contributed by atoms with E-state index in [1.165, 1.54) is 32.4 Å². The van der Waals surface area contributed by atoms with E-state index in [1.54, 1.807) is 18.2 Å². The number of methoxy groups -OCH3 is 2. The van der Waals surface area contributed by atoms with Gasteiger partial charge in [0.2, 0.25) is 5.75 Å². The van der Waals surface area contributed by atoms with Gasteiger partial charge in [0.1, 0.15) is 35.5 Å². The van der Waals surface area contributed by atoms with E-state index in [9.17, 15) is 25.2 Å². The number of aliphatic hydroxyl groups is 1. The van der Waals surface area contributed by atoms with E-state index in [4.69, 9.17) is 23.7 Å². The monoisotopic (exact) mass is 494 g/mol. The maximum Gasteiger partial charge on any atom is 0.211 e. The number of aromatic hydroxyl groups is 3. The Hall–Kier alpha value is -4.57. The van der Waals surface area contributed by atoms with Crippen molar-refractivity contribution in [2.45, 2.75) is 12.5 Å². The van der Waals surface area contributed by atoms with Crippen molar-refractivity contribution in [2.24, 2.45) is 0 Å². The third-order valence-corrected chi connectivity index (χ3v) is 5.90. The first-order valence-corrected chi connectivity index (χ1v) is 10.9. The lowest BCUT2D eigenvalue weighted by Crippen LogP contribution is -2.21. The van der Waals surface area contributed by atoms with E-state index in [1.807, 2.05) is 0 Å². The Morgan fingerprint density at radius 3 is 2.42 bits per heavy atom. The molecule has 0 bridgehead atoms. The summed E-state index contributed by atoms with van der Waals surface area (Å²) in [6, 6.07) is 10.1. The van der Waals surface area contributed by atoms with Crippen LogP contribution < -0.4 is 23.7 Å². The fraction of sp³-hybridized carbons (Fsp3) is 0.192. The molecule has 2 aliphatic heterocycles. The van der Waals surface area contributed by atoms with Crippen LogP contribution in [0.1, 0.15) is 34.0 Å². The van der Waals surface area contributed by atoms with Crippen LogP contribution in [0.25, 0.3) is 5.76 Å². The summed E-state index contributed by atoms with van der Waals surface area (Å²) < 4.78 is 28.7. The number of phenolic OH excluding ortho intramolecular Hbond substituents is 3. The standard InChI is InChI=1S/C26H22O10/c1-32-19-5-12(3-4-15(19)29)25-23(11-27)36-26-21(33-2)6-13(7-22(26)35-25)18-10-17(31)24-16(30)8-14(28)9-20(24)34-18/h3-9,18,27-30H,10-11H2,1-2H3/t18-/m1/s1. The molecule has 0 saturated heterocycles. The van der Waals surface area contributed by atoms with Crippen molar-refractivity contribution in [3.05, 3.63) is 64.9 Å². The molecule has 1 atom stereocenters. The second-order valence-corrected chi connectivity index (χ2v) is 8.12. The molecule has 0 radical (unpaired) electrons. The van der Waals surface area contributed by atoms with Gasteiger partial charge < -0.3 is 44.1 Å². The number of carbonyl (C=O) groups is 1. The first-order chi connectivity index (χ1) is 17.3. The van der Waals surface area contributed by atoms with Crippen molar-refractivity contribution >= 4 is 11.5 Å². The Morgan fingerprint density at radius 1 is 0.917 bits per heavy atom. The summed E-state index contributed by atoms with van der Waals surface area (Å²) in [5.74, 6) is 0.293. The van der Waals surface area contributed by atoms with Gasteiger partial charge in [-0.15, -0.1) is 0 Å². The molecule has 0 aromatic heterocycles. The molecule has 0 unspecified atom stereocenters. The molecular formula is C26H22O10. The number of benzene rings is 3. The molecule has 0 amide bonds. The predicted molar refractivity (Wildman–Crippen MR) is 125 cm³/mol. The van der Waals surface area contributed by atoms with E-state index in [-0.39, 0.29) is 75.3 Å². The molecule has 10 nitrogen and oxygen atoms in total. The van der Waals surface area contributed by atoms with Crippen molar-refractivity contribution < 1.29 is 48.9 Å². The van der Waals surface area contributed by atoms with Crippen molar-refractivity contribution in [2.75, 3.05) is 20.8 Å². The smallest absolute Gasteiger partial charge is 0.211 e. The first-order valence-electron chi connectivity index (χ1n) is 10.9. The number of phenols is 3. The summed E-state index contributed by atoms with van der Waals surface area (Å²) in [6.07, 6.45) is -0.845. The molecule has 3 aromatic carbocycles. The van der Waals surface area contributed by atoms with Crippen LogP contribution in [-0.4, -0.2) is 47.0 Å². The van der Waals surface area contributed by atoms with Gasteiger partial charge in [-0.25, -0.2) is 0 Å². The number of fused-ring (bicyclic) bond motifs is 2. The lowest BCUT2D eigenvalue weighted by Gasteiger charge is -2.29. The highest BCUT2D eigenvalue weighted by Gasteiger charge is 2.34. The zero-order valence-electron chi connectivity index (χ0n) is 19.3. The van der Waals surface area contributed by atoms with Gasteiger partial charge in [-0.1, -0.05) is 0 Å². The second kappa shape index (κ2) is 8.90. The van der Waals surface area contributed by atoms with Crippen molar-refractivity contribution in [1.29, 1.82) is 0 Å². The Morgan fingerprint density at radius 2 is 1.69 bits per heavy atom. The minimum absolute atomic E-state index is 0.00708. The molecule has 5 rings (SSSR count). The largest absolute Gasteiger partial charge is 0.508 e. The molecule has 0 saturated carbocycles. The van der Waals surface area contributed by atoms with Gasteiger partial charge in [-0.2, -0.15) is 0 Å². The Kier molecular flexibility index (Phi) is 5.73. The van der Waals surface area contributed by atoms with Crippen LogP contribution >= 0.6 is 0 Å². The lowest BCUT2D eigenvalue weighted by molar-refractivity contribution is 0.0844. The van der Waals surface area contributed by atoms with E-state index >= 15 is 0 Å². The van der Waals surface area contributed by atoms with Crippen molar-refractivity contribution in [3.8, 4) is 46.0 Å². The van der Waals surface area contributed by atoms with Crippen molar-refractivity contribution in [1.82, 2.24) is 0 Å². The van der Waals surface area contributed by atoms with Crippen LogP contribution in [0.5, 0.6) is 46.0 Å². The Labute approximate surface area is 205 Å². The number of rotatable bonds is 5. The highest BCUT2D eigenvalue weighted by molar-refractivity contribution is 6.02. The van der Waals surface area contributed by atoms with Gasteiger partial charge in [-0.05, 0) is 30.3 Å². The SMILES string of the molecule is COc1cc(C2=C(CO)Oc3c(OC)cc([C@H]4CC(=O)c5c(O)cc(O)cc5O4)cc3O2)ccc1O. The molecule has 10 heteroatoms. The molecular weight excluding hydrogens is 472 g/mol. The third kappa shape index (κ3) is 3.87. The zero-order valence-corrected chi connectivity index (χ0v) is 19.3. The predicted octanol–water partition coefficient (Wildman–Crippen LogP) is 3.66. The lowest BCUT2D eigenvalue weighted by atomic mass is 9.95. The van der Waals surface area contributed by atoms with E-state index in [2.05, 4.69) is 0 Å². The number of hydrogen-bond donors (Lipinski definition) is 4. The van der Waals surface area contributed by atoms with E-state index in [0.717, 1.165) is 6.07 Å². The molecule has 2 heterocycles. The van der Waals surface area contributed by atoms with Gasteiger partial charge in [0, 0.05) is 23.3 Å². The number of hydrogen-bond acceptors (Lipinski definition) is 10. The van der Waals surface area contributed by atoms with Gasteiger partial charge in [0.05, 0.1) is 20.6 Å². The molecule has 0 aliphatic carbocycles. The normalized spacial score (nSPS) is 16.3. The molecule has 0 fully saturated rings. The summed E-state index contributed by atoms with van der Waals surface area (Å²) >= 11 is 0. The van der Waals surface area contributed by atoms with E-state index in [0.29, 0.717) is 11.1 Å². The number of carbonyl (C=O) groups excluding carboxylic acids is 1. The van der Waals surface area contributed by atoms with Crippen molar-refractivity contribution in [3.63, 3.8) is 0 Å². The van der Waals surface area contributed by atoms with Gasteiger partial charge in [0.25, 0.3) is 0 Å². The van der Waals surface area contributed by atoms with Crippen LogP contribution in [-0.2, 0) is 0 Å². The van der Waals surface area contributed by atoms with Gasteiger partial charge in [-0.3, -0.25) is 4.79 Å². The van der Waals surface area contributed by atoms with Crippen LogP contribution in [0.3, 0.4) is 0 Å². The fourth-order valence-electron chi connectivity index (χ4n) is 4.20. The fourth-order valence-corrected chi connectivity index (χ4v) is 4.20. The van der Waals surface area contributed by atoms with Crippen LogP contribution in [0.15, 0.2) is 48.2 Å². The maximum absolute atomic E-state index is 12.8. The number of aliphatic hydroxyl groups excluding tert-OH is 1. The summed E-state index contributed by atoms with van der Waals surface area (Å²) in [5.41, 5.74) is 1.01. The second-order valence-electron chi connectivity index (χ2n) is 8.12. The highest BCUT2D eigenvalue weighted by Crippen LogP contribution is 2.49. The van der Waals surface area contributed by atoms with Crippen LogP contribution in [0.4, 0.5) is 0 Å². The highest BCUT2D eigenvalue weighted by atomic mass is 16.6. The third-order valence-electron chi connectivity index (χ3n) is 5.90. The molecule has 0 spiro atoms. The van der Waals surface area contributed by atoms with Crippen LogP contribution in [0, 0.1) is 0 Å². The zero-order chi connectivity index (χ0) is 25.6. The number of ether oxygens (including phenoxy) is 5. The minimum atomic E-state index is -0.769. The average molecular weight is 494 g/mol. The Balaban J connectivity index is 1.55. The molecule has 4 N–H and O–H groups in total. The average Bonchev–Trinajstić information content (AvgIpc) is 2.86. The van der Waals surface area contributed by atoms with Gasteiger partial charge in [0.15, 0.2) is 40.3 Å².